The molecule has 5 heteroatoms. The molecular formula is C3H8AmFO2P. The minimum atomic E-state index is -3.18. The molecule has 51 valence electrons. The minimum Gasteiger partial charge on any atom is -0.305 e. The van der Waals surface area contributed by atoms with E-state index in [4.69, 9.17) is 0 Å². The predicted molar refractivity (Wildman–Crippen MR) is 26.3 cm³/mol. The zero-order chi connectivity index (χ0) is 5.86. The molecule has 0 amide bonds. The second kappa shape index (κ2) is 5.64. The van der Waals surface area contributed by atoms with Crippen LogP contribution in [0.4, 0.5) is 4.20 Å². The molecule has 0 aromatic rings. The zero-order valence-electron chi connectivity index (χ0n) is 4.65. The number of halogens is 1. The average Bonchev–Trinajstić information content (AvgIpc) is 1.27. The zero-order valence-corrected chi connectivity index (χ0v) is 8.80. The third-order valence-corrected chi connectivity index (χ3v) is 0.985. The van der Waals surface area contributed by atoms with Gasteiger partial charge in [0, 0.05) is 14.3 Å². The van der Waals surface area contributed by atoms with Gasteiger partial charge in [0.2, 0.25) is 0 Å². The molecule has 0 saturated carbocycles. The fraction of sp³-hybridized carbons (Fsp3) is 1.00. The van der Waals surface area contributed by atoms with Crippen LogP contribution < -0.4 is 0 Å². The number of hydrogen-bond acceptors (Lipinski definition) is 2. The van der Waals surface area contributed by atoms with E-state index < -0.39 is 8.34 Å². The van der Waals surface area contributed by atoms with Gasteiger partial charge in [0.25, 0.3) is 0 Å². The molecule has 0 aliphatic rings. The van der Waals surface area contributed by atoms with Crippen molar-refractivity contribution in [1.29, 1.82) is 0 Å². The van der Waals surface area contributed by atoms with Gasteiger partial charge in [-0.2, -0.15) is 4.20 Å². The maximum atomic E-state index is 11.3. The summed E-state index contributed by atoms with van der Waals surface area (Å²) >= 11 is 0. The summed E-state index contributed by atoms with van der Waals surface area (Å²) in [4.78, 5) is 0. The molecule has 0 aliphatic heterocycles. The van der Waals surface area contributed by atoms with Gasteiger partial charge in [-0.3, -0.25) is 4.57 Å². The van der Waals surface area contributed by atoms with Crippen molar-refractivity contribution in [3.05, 3.63) is 0 Å². The van der Waals surface area contributed by atoms with E-state index in [1.165, 1.54) is 0 Å². The molecule has 1 radical (unpaired) electrons. The van der Waals surface area contributed by atoms with Crippen LogP contribution in [-0.2, 0) is 9.09 Å². The number of hydrogen-bond donors (Lipinski definition) is 0. The van der Waals surface area contributed by atoms with E-state index in [9.17, 15) is 8.76 Å². The van der Waals surface area contributed by atoms with E-state index in [1.54, 1.807) is 13.8 Å². The summed E-state index contributed by atoms with van der Waals surface area (Å²) in [6.45, 7) is 3.25. The predicted octanol–water partition coefficient (Wildman–Crippen LogP) is 1.77. The van der Waals surface area contributed by atoms with Crippen LogP contribution in [0.1, 0.15) is 13.8 Å². The summed E-state index contributed by atoms with van der Waals surface area (Å²) in [5.74, 6) is 0. The Bertz CT molecular complexity index is 77.7. The Morgan fingerprint density at radius 1 is 1.62 bits per heavy atom. The SMILES string of the molecule is CC(C)O[PH](=O)F.[Am]. The van der Waals surface area contributed by atoms with Gasteiger partial charge in [-0.25, -0.2) is 0 Å². The number of rotatable bonds is 2. The second-order valence-electron chi connectivity index (χ2n) is 1.40. The van der Waals surface area contributed by atoms with Crippen molar-refractivity contribution in [2.24, 2.45) is 0 Å². The van der Waals surface area contributed by atoms with Crippen LogP contribution in [-0.4, -0.2) is 6.10 Å². The fourth-order valence-electron chi connectivity index (χ4n) is 0.185. The van der Waals surface area contributed by atoms with Gasteiger partial charge in [-0.05, 0) is 13.8 Å². The van der Waals surface area contributed by atoms with Crippen LogP contribution in [0, 0.1) is 14.3 Å². The Balaban J connectivity index is 0. The molecule has 0 heterocycles. The molecule has 0 N–H and O–H groups in total. The first-order valence-corrected chi connectivity index (χ1v) is 3.18. The van der Waals surface area contributed by atoms with Gasteiger partial charge in [-0.1, -0.05) is 0 Å². The topological polar surface area (TPSA) is 26.3 Å². The molecule has 0 spiro atoms. The summed E-state index contributed by atoms with van der Waals surface area (Å²) in [5, 5.41) is 0. The van der Waals surface area contributed by atoms with Crippen molar-refractivity contribution in [3.63, 3.8) is 0 Å². The minimum absolute atomic E-state index is 0. The normalized spacial score (nSPS) is 13.0. The van der Waals surface area contributed by atoms with Crippen molar-refractivity contribution in [1.82, 2.24) is 0 Å². The van der Waals surface area contributed by atoms with Gasteiger partial charge in [0.15, 0.2) is 0 Å². The van der Waals surface area contributed by atoms with Crippen LogP contribution in [0.2, 0.25) is 0 Å². The monoisotopic (exact) mass is 367 g/mol. The van der Waals surface area contributed by atoms with Crippen molar-refractivity contribution in [2.45, 2.75) is 20.0 Å². The van der Waals surface area contributed by atoms with Crippen LogP contribution >= 0.6 is 8.34 Å². The Hall–Kier alpha value is 0.510. The Morgan fingerprint density at radius 3 is 2.00 bits per heavy atom. The molecular weight excluding hydrogens is 361 g/mol. The van der Waals surface area contributed by atoms with Crippen LogP contribution in [0.15, 0.2) is 0 Å². The molecule has 8 heavy (non-hydrogen) atoms. The molecule has 1 atom stereocenters. The van der Waals surface area contributed by atoms with Gasteiger partial charge in [-0.15, -0.1) is 0 Å². The first-order valence-electron chi connectivity index (χ1n) is 1.99. The van der Waals surface area contributed by atoms with Crippen molar-refractivity contribution < 1.29 is 27.6 Å². The maximum Gasteiger partial charge on any atom is 0.356 e. The molecule has 0 aromatic carbocycles. The van der Waals surface area contributed by atoms with Crippen molar-refractivity contribution >= 4 is 8.34 Å². The summed E-state index contributed by atoms with van der Waals surface area (Å²) in [6.07, 6.45) is -0.267. The van der Waals surface area contributed by atoms with Gasteiger partial charge in [0.05, 0.1) is 6.10 Å². The van der Waals surface area contributed by atoms with Crippen LogP contribution in [0.5, 0.6) is 0 Å². The van der Waals surface area contributed by atoms with Crippen LogP contribution in [0.25, 0.3) is 0 Å². The quantitative estimate of drug-likeness (QED) is 0.694. The summed E-state index contributed by atoms with van der Waals surface area (Å²) in [6, 6.07) is 0. The molecule has 0 bridgehead atoms. The van der Waals surface area contributed by atoms with E-state index in [2.05, 4.69) is 4.52 Å². The molecule has 0 fully saturated rings. The van der Waals surface area contributed by atoms with E-state index in [-0.39, 0.29) is 20.4 Å². The molecule has 0 aliphatic carbocycles. The van der Waals surface area contributed by atoms with E-state index in [0.717, 1.165) is 0 Å². The Labute approximate surface area is 56.6 Å². The smallest absolute Gasteiger partial charge is 0.305 e. The molecule has 0 saturated heterocycles. The summed E-state index contributed by atoms with van der Waals surface area (Å²) < 4.78 is 25.0. The van der Waals surface area contributed by atoms with E-state index in [1.807, 2.05) is 0 Å². The Morgan fingerprint density at radius 2 is 2.00 bits per heavy atom. The largest absolute Gasteiger partial charge is 0.356 e. The maximum absolute atomic E-state index is 11.3. The molecule has 2 nitrogen and oxygen atoms in total. The molecule has 0 aromatic heterocycles. The van der Waals surface area contributed by atoms with Gasteiger partial charge >= 0.3 is 8.34 Å². The standard InChI is InChI=1S/C3H8FO2P.Am/c1-3(2)6-7(4)5;/h3,7H,1-2H3;. The second-order valence-corrected chi connectivity index (χ2v) is 2.12. The van der Waals surface area contributed by atoms with E-state index >= 15 is 0 Å². The van der Waals surface area contributed by atoms with Crippen molar-refractivity contribution in [2.75, 3.05) is 0 Å². The average molecular weight is 369 g/mol. The summed E-state index contributed by atoms with van der Waals surface area (Å²) in [5.41, 5.74) is 0. The third kappa shape index (κ3) is 9.72. The molecule has 1 unspecified atom stereocenters. The summed E-state index contributed by atoms with van der Waals surface area (Å²) in [7, 11) is -3.18. The van der Waals surface area contributed by atoms with E-state index in [0.29, 0.717) is 0 Å². The Kier molecular flexibility index (Phi) is 7.99. The first kappa shape index (κ1) is 11.3. The molecule has 0 rings (SSSR count). The van der Waals surface area contributed by atoms with Crippen molar-refractivity contribution in [3.8, 4) is 0 Å². The van der Waals surface area contributed by atoms with Gasteiger partial charge in [0.1, 0.15) is 0 Å². The fourth-order valence-corrected chi connectivity index (χ4v) is 0.556. The van der Waals surface area contributed by atoms with Gasteiger partial charge < -0.3 is 4.52 Å². The third-order valence-electron chi connectivity index (χ3n) is 0.328. The van der Waals surface area contributed by atoms with Crippen LogP contribution in [0.3, 0.4) is 0 Å². The first-order chi connectivity index (χ1) is 3.13.